The number of hydrogen-bond donors (Lipinski definition) is 1. The number of hydrogen-bond acceptors (Lipinski definition) is 3. The monoisotopic (exact) mass is 254 g/mol. The van der Waals surface area contributed by atoms with E-state index in [2.05, 4.69) is 10.2 Å². The normalized spacial score (nSPS) is 9.29. The van der Waals surface area contributed by atoms with E-state index in [-0.39, 0.29) is 24.8 Å². The lowest BCUT2D eigenvalue weighted by atomic mass is 10.4. The molecule has 0 aliphatic rings. The van der Waals surface area contributed by atoms with Gasteiger partial charge in [-0.2, -0.15) is 0 Å². The number of nitrogens with zero attached hydrogens (tertiary/aromatic N) is 3. The Morgan fingerprint density at radius 2 is 2.07 bits per heavy atom. The molecule has 0 bridgehead atoms. The Bertz CT molecular complexity index is 414. The van der Waals surface area contributed by atoms with Crippen molar-refractivity contribution in [2.45, 2.75) is 6.54 Å². The van der Waals surface area contributed by atoms with E-state index in [0.717, 1.165) is 0 Å². The molecule has 2 N–H and O–H groups in total. The fraction of sp³-hybridized carbons (Fsp3) is 0.143. The fourth-order valence-corrected chi connectivity index (χ4v) is 1.27. The molecule has 0 unspecified atom stereocenters. The third-order valence-electron chi connectivity index (χ3n) is 1.64. The van der Waals surface area contributed by atoms with Crippen molar-refractivity contribution in [2.24, 2.45) is 5.73 Å². The van der Waals surface area contributed by atoms with Gasteiger partial charge in [0.2, 0.25) is 0 Å². The molecule has 78 valence electrons. The Balaban J connectivity index is 0.000000845. The summed E-state index contributed by atoms with van der Waals surface area (Å²) in [4.78, 5) is 0. The van der Waals surface area contributed by atoms with Crippen LogP contribution in [0.25, 0.3) is 5.65 Å². The number of pyridine rings is 1. The minimum atomic E-state index is 0. The summed E-state index contributed by atoms with van der Waals surface area (Å²) in [5, 5.41) is 8.36. The Morgan fingerprint density at radius 3 is 2.71 bits per heavy atom. The molecule has 0 saturated carbocycles. The van der Waals surface area contributed by atoms with Crippen LogP contribution in [0.2, 0.25) is 5.02 Å². The minimum Gasteiger partial charge on any atom is -0.324 e. The molecule has 0 amide bonds. The van der Waals surface area contributed by atoms with Crippen molar-refractivity contribution in [1.82, 2.24) is 14.6 Å². The largest absolute Gasteiger partial charge is 0.324 e. The Morgan fingerprint density at radius 1 is 1.36 bits per heavy atom. The second-order valence-corrected chi connectivity index (χ2v) is 2.78. The second kappa shape index (κ2) is 5.36. The number of halogens is 3. The van der Waals surface area contributed by atoms with Crippen molar-refractivity contribution in [1.29, 1.82) is 0 Å². The molecule has 0 saturated heterocycles. The van der Waals surface area contributed by atoms with E-state index >= 15 is 0 Å². The molecular weight excluding hydrogens is 246 g/mol. The summed E-state index contributed by atoms with van der Waals surface area (Å²) in [6.07, 6.45) is 1.84. The van der Waals surface area contributed by atoms with E-state index in [1.54, 1.807) is 10.5 Å². The summed E-state index contributed by atoms with van der Waals surface area (Å²) >= 11 is 5.86. The van der Waals surface area contributed by atoms with Crippen molar-refractivity contribution in [3.8, 4) is 0 Å². The Kier molecular flexibility index (Phi) is 5.15. The Labute approximate surface area is 98.3 Å². The predicted molar refractivity (Wildman–Crippen MR) is 60.4 cm³/mol. The standard InChI is InChI=1S/C7H7ClN4.2ClH/c8-5-2-1-3-12-6(4-9)10-11-7(5)12;;/h1-3H,4,9H2;2*1H. The maximum absolute atomic E-state index is 5.86. The molecule has 7 heteroatoms. The first-order valence-electron chi connectivity index (χ1n) is 3.51. The Hall–Kier alpha value is -0.550. The van der Waals surface area contributed by atoms with Crippen LogP contribution >= 0.6 is 36.4 Å². The maximum atomic E-state index is 5.86. The van der Waals surface area contributed by atoms with Gasteiger partial charge in [0, 0.05) is 6.20 Å². The highest BCUT2D eigenvalue weighted by molar-refractivity contribution is 6.33. The van der Waals surface area contributed by atoms with Crippen LogP contribution in [-0.4, -0.2) is 14.6 Å². The van der Waals surface area contributed by atoms with Crippen LogP contribution in [0, 0.1) is 0 Å². The molecular formula is C7H9Cl3N4. The lowest BCUT2D eigenvalue weighted by Gasteiger charge is -1.95. The molecule has 2 heterocycles. The van der Waals surface area contributed by atoms with Crippen LogP contribution < -0.4 is 5.73 Å². The molecule has 0 spiro atoms. The SMILES string of the molecule is Cl.Cl.NCc1nnc2c(Cl)cccn12. The quantitative estimate of drug-likeness (QED) is 0.843. The van der Waals surface area contributed by atoms with Crippen molar-refractivity contribution >= 4 is 42.1 Å². The average molecular weight is 256 g/mol. The van der Waals surface area contributed by atoms with Crippen molar-refractivity contribution in [3.63, 3.8) is 0 Å². The van der Waals surface area contributed by atoms with Gasteiger partial charge < -0.3 is 5.73 Å². The summed E-state index contributed by atoms with van der Waals surface area (Å²) in [6.45, 7) is 0.363. The van der Waals surface area contributed by atoms with Gasteiger partial charge in [-0.3, -0.25) is 4.40 Å². The number of rotatable bonds is 1. The highest BCUT2D eigenvalue weighted by Crippen LogP contribution is 2.14. The predicted octanol–water partition coefficient (Wildman–Crippen LogP) is 1.68. The lowest BCUT2D eigenvalue weighted by molar-refractivity contribution is 0.883. The number of nitrogens with two attached hydrogens (primary N) is 1. The summed E-state index contributed by atoms with van der Waals surface area (Å²) in [5.74, 6) is 0.715. The zero-order valence-corrected chi connectivity index (χ0v) is 9.44. The molecule has 0 aliphatic carbocycles. The first-order chi connectivity index (χ1) is 5.83. The second-order valence-electron chi connectivity index (χ2n) is 2.37. The molecule has 0 atom stereocenters. The highest BCUT2D eigenvalue weighted by Gasteiger charge is 2.04. The van der Waals surface area contributed by atoms with Gasteiger partial charge in [-0.05, 0) is 12.1 Å². The van der Waals surface area contributed by atoms with Crippen LogP contribution in [0.15, 0.2) is 18.3 Å². The van der Waals surface area contributed by atoms with E-state index in [1.807, 2.05) is 12.3 Å². The van der Waals surface area contributed by atoms with Crippen LogP contribution in [-0.2, 0) is 6.54 Å². The van der Waals surface area contributed by atoms with Gasteiger partial charge in [-0.25, -0.2) is 0 Å². The molecule has 4 nitrogen and oxygen atoms in total. The van der Waals surface area contributed by atoms with Gasteiger partial charge in [0.1, 0.15) is 0 Å². The first-order valence-corrected chi connectivity index (χ1v) is 3.89. The average Bonchev–Trinajstić information content (AvgIpc) is 2.49. The number of fused-ring (bicyclic) bond motifs is 1. The van der Waals surface area contributed by atoms with E-state index in [9.17, 15) is 0 Å². The van der Waals surface area contributed by atoms with Crippen LogP contribution in [0.5, 0.6) is 0 Å². The van der Waals surface area contributed by atoms with Crippen molar-refractivity contribution in [2.75, 3.05) is 0 Å². The van der Waals surface area contributed by atoms with Crippen LogP contribution in [0.1, 0.15) is 5.82 Å². The molecule has 14 heavy (non-hydrogen) atoms. The zero-order valence-electron chi connectivity index (χ0n) is 7.05. The van der Waals surface area contributed by atoms with Gasteiger partial charge in [-0.1, -0.05) is 11.6 Å². The van der Waals surface area contributed by atoms with Crippen LogP contribution in [0.3, 0.4) is 0 Å². The molecule has 0 aromatic carbocycles. The van der Waals surface area contributed by atoms with E-state index < -0.39 is 0 Å². The van der Waals surface area contributed by atoms with Gasteiger partial charge in [-0.15, -0.1) is 35.0 Å². The topological polar surface area (TPSA) is 56.2 Å². The van der Waals surface area contributed by atoms with Crippen LogP contribution in [0.4, 0.5) is 0 Å². The van der Waals surface area contributed by atoms with Gasteiger partial charge >= 0.3 is 0 Å². The minimum absolute atomic E-state index is 0. The van der Waals surface area contributed by atoms with Gasteiger partial charge in [0.05, 0.1) is 11.6 Å². The third kappa shape index (κ3) is 2.09. The number of aromatic nitrogens is 3. The molecule has 2 aromatic rings. The van der Waals surface area contributed by atoms with Crippen molar-refractivity contribution in [3.05, 3.63) is 29.2 Å². The molecule has 2 rings (SSSR count). The molecule has 0 radical (unpaired) electrons. The van der Waals surface area contributed by atoms with E-state index in [1.165, 1.54) is 0 Å². The molecule has 2 aromatic heterocycles. The highest BCUT2D eigenvalue weighted by atomic mass is 35.5. The summed E-state index contributed by atoms with van der Waals surface area (Å²) in [6, 6.07) is 3.60. The lowest BCUT2D eigenvalue weighted by Crippen LogP contribution is -2.01. The summed E-state index contributed by atoms with van der Waals surface area (Å²) in [5.41, 5.74) is 6.10. The first kappa shape index (κ1) is 13.4. The third-order valence-corrected chi connectivity index (χ3v) is 1.94. The van der Waals surface area contributed by atoms with Crippen molar-refractivity contribution < 1.29 is 0 Å². The maximum Gasteiger partial charge on any atom is 0.179 e. The zero-order chi connectivity index (χ0) is 8.55. The van der Waals surface area contributed by atoms with Gasteiger partial charge in [0.25, 0.3) is 0 Å². The molecule has 0 fully saturated rings. The molecule has 0 aliphatic heterocycles. The van der Waals surface area contributed by atoms with E-state index in [0.29, 0.717) is 23.0 Å². The fourth-order valence-electron chi connectivity index (χ4n) is 1.07. The van der Waals surface area contributed by atoms with Gasteiger partial charge in [0.15, 0.2) is 11.5 Å². The van der Waals surface area contributed by atoms with E-state index in [4.69, 9.17) is 17.3 Å². The smallest absolute Gasteiger partial charge is 0.179 e. The summed E-state index contributed by atoms with van der Waals surface area (Å²) in [7, 11) is 0. The summed E-state index contributed by atoms with van der Waals surface area (Å²) < 4.78 is 1.78.